The Balaban J connectivity index is 1.97. The Bertz CT molecular complexity index is 144. The highest BCUT2D eigenvalue weighted by atomic mass is 15.5. The minimum atomic E-state index is 0.505. The van der Waals surface area contributed by atoms with E-state index in [0.29, 0.717) is 5.54 Å². The third kappa shape index (κ3) is 1.64. The van der Waals surface area contributed by atoms with Crippen molar-refractivity contribution in [3.05, 3.63) is 0 Å². The number of rotatable bonds is 0. The summed E-state index contributed by atoms with van der Waals surface area (Å²) < 4.78 is 0. The van der Waals surface area contributed by atoms with Gasteiger partial charge in [0.1, 0.15) is 0 Å². The molecule has 0 aromatic carbocycles. The van der Waals surface area contributed by atoms with E-state index >= 15 is 0 Å². The van der Waals surface area contributed by atoms with Crippen LogP contribution in [-0.4, -0.2) is 24.1 Å². The van der Waals surface area contributed by atoms with Crippen LogP contribution in [0.3, 0.4) is 0 Å². The average molecular weight is 168 g/mol. The van der Waals surface area contributed by atoms with Gasteiger partial charge in [0.25, 0.3) is 0 Å². The van der Waals surface area contributed by atoms with E-state index < -0.39 is 0 Å². The molecular formula is C10H20N2. The topological polar surface area (TPSA) is 15.3 Å². The van der Waals surface area contributed by atoms with Gasteiger partial charge in [0.05, 0.1) is 0 Å². The predicted molar refractivity (Wildman–Crippen MR) is 50.8 cm³/mol. The third-order valence-corrected chi connectivity index (χ3v) is 3.39. The Hall–Kier alpha value is -0.0800. The number of nitrogens with one attached hydrogen (secondary N) is 1. The summed E-state index contributed by atoms with van der Waals surface area (Å²) in [5, 5.41) is 2.29. The molecule has 0 atom stereocenters. The number of hydrazine groups is 1. The summed E-state index contributed by atoms with van der Waals surface area (Å²) in [7, 11) is 2.18. The van der Waals surface area contributed by atoms with Gasteiger partial charge >= 0.3 is 0 Å². The van der Waals surface area contributed by atoms with Crippen LogP contribution in [0.15, 0.2) is 0 Å². The van der Waals surface area contributed by atoms with Gasteiger partial charge in [-0.15, -0.1) is 0 Å². The highest BCUT2D eigenvalue weighted by Crippen LogP contribution is 2.33. The summed E-state index contributed by atoms with van der Waals surface area (Å²) in [5.41, 5.74) is 4.17. The molecule has 12 heavy (non-hydrogen) atoms. The quantitative estimate of drug-likeness (QED) is 0.594. The maximum atomic E-state index is 3.66. The largest absolute Gasteiger partial charge is 0.249 e. The van der Waals surface area contributed by atoms with Gasteiger partial charge in [0.2, 0.25) is 0 Å². The molecule has 1 saturated carbocycles. The van der Waals surface area contributed by atoms with Crippen LogP contribution in [0.2, 0.25) is 0 Å². The lowest BCUT2D eigenvalue weighted by atomic mass is 9.78. The summed E-state index contributed by atoms with van der Waals surface area (Å²) in [6.45, 7) is 1.22. The van der Waals surface area contributed by atoms with E-state index in [9.17, 15) is 0 Å². The fraction of sp³-hybridized carbons (Fsp3) is 1.00. The lowest BCUT2D eigenvalue weighted by Gasteiger charge is -2.45. The molecule has 1 N–H and O–H groups in total. The number of hydrogen-bond acceptors (Lipinski definition) is 2. The molecule has 0 unspecified atom stereocenters. The molecule has 2 aliphatic rings. The van der Waals surface area contributed by atoms with Crippen molar-refractivity contribution in [2.45, 2.75) is 50.5 Å². The second-order valence-corrected chi connectivity index (χ2v) is 4.48. The van der Waals surface area contributed by atoms with Crippen molar-refractivity contribution in [1.29, 1.82) is 0 Å². The van der Waals surface area contributed by atoms with Crippen LogP contribution in [-0.2, 0) is 0 Å². The van der Waals surface area contributed by atoms with Crippen LogP contribution in [0, 0.1) is 0 Å². The van der Waals surface area contributed by atoms with Crippen molar-refractivity contribution < 1.29 is 0 Å². The molecule has 0 bridgehead atoms. The zero-order chi connectivity index (χ0) is 8.44. The fourth-order valence-electron chi connectivity index (χ4n) is 2.76. The van der Waals surface area contributed by atoms with E-state index in [1.54, 1.807) is 0 Å². The Kier molecular flexibility index (Phi) is 2.37. The van der Waals surface area contributed by atoms with E-state index in [1.807, 2.05) is 0 Å². The van der Waals surface area contributed by atoms with Gasteiger partial charge in [-0.3, -0.25) is 0 Å². The van der Waals surface area contributed by atoms with Crippen LogP contribution in [0.25, 0.3) is 0 Å². The molecule has 0 aromatic heterocycles. The molecule has 2 rings (SSSR count). The first kappa shape index (κ1) is 8.52. The summed E-state index contributed by atoms with van der Waals surface area (Å²) in [6.07, 6.45) is 9.89. The second kappa shape index (κ2) is 3.35. The number of hydrogen-bond donors (Lipinski definition) is 1. The Morgan fingerprint density at radius 2 is 1.67 bits per heavy atom. The SMILES string of the molecule is CN1CCCC2(CCCCC2)N1. The highest BCUT2D eigenvalue weighted by molar-refractivity contribution is 4.91. The van der Waals surface area contributed by atoms with Crippen LogP contribution >= 0.6 is 0 Å². The van der Waals surface area contributed by atoms with Crippen molar-refractivity contribution >= 4 is 0 Å². The van der Waals surface area contributed by atoms with Crippen molar-refractivity contribution in [3.8, 4) is 0 Å². The zero-order valence-corrected chi connectivity index (χ0v) is 8.10. The smallest absolute Gasteiger partial charge is 0.0326 e. The van der Waals surface area contributed by atoms with Crippen LogP contribution < -0.4 is 5.43 Å². The molecule has 1 aliphatic carbocycles. The van der Waals surface area contributed by atoms with Crippen molar-refractivity contribution in [3.63, 3.8) is 0 Å². The van der Waals surface area contributed by atoms with Gasteiger partial charge in [-0.1, -0.05) is 19.3 Å². The standard InChI is InChI=1S/C10H20N2/c1-12-9-5-8-10(11-12)6-3-2-4-7-10/h11H,2-9H2,1H3. The van der Waals surface area contributed by atoms with Crippen LogP contribution in [0.5, 0.6) is 0 Å². The first-order valence-electron chi connectivity index (χ1n) is 5.30. The van der Waals surface area contributed by atoms with E-state index in [-0.39, 0.29) is 0 Å². The molecule has 2 heteroatoms. The molecule has 0 amide bonds. The van der Waals surface area contributed by atoms with E-state index in [0.717, 1.165) is 0 Å². The molecule has 1 aliphatic heterocycles. The molecule has 0 radical (unpaired) electrons. The van der Waals surface area contributed by atoms with Gasteiger partial charge in [-0.25, -0.2) is 10.4 Å². The maximum Gasteiger partial charge on any atom is 0.0326 e. The molecule has 1 spiro atoms. The Morgan fingerprint density at radius 1 is 1.00 bits per heavy atom. The van der Waals surface area contributed by atoms with Gasteiger partial charge in [-0.2, -0.15) is 0 Å². The lowest BCUT2D eigenvalue weighted by Crippen LogP contribution is -2.57. The first-order valence-corrected chi connectivity index (χ1v) is 5.30. The minimum Gasteiger partial charge on any atom is -0.249 e. The van der Waals surface area contributed by atoms with Crippen molar-refractivity contribution in [2.75, 3.05) is 13.6 Å². The molecule has 70 valence electrons. The summed E-state index contributed by atoms with van der Waals surface area (Å²) >= 11 is 0. The number of nitrogens with zero attached hydrogens (tertiary/aromatic N) is 1. The summed E-state index contributed by atoms with van der Waals surface area (Å²) in [6, 6.07) is 0. The predicted octanol–water partition coefficient (Wildman–Crippen LogP) is 1.92. The average Bonchev–Trinajstić information content (AvgIpc) is 2.05. The molecule has 0 aromatic rings. The van der Waals surface area contributed by atoms with Crippen LogP contribution in [0.4, 0.5) is 0 Å². The highest BCUT2D eigenvalue weighted by Gasteiger charge is 2.34. The Labute approximate surface area is 75.3 Å². The zero-order valence-electron chi connectivity index (χ0n) is 8.10. The van der Waals surface area contributed by atoms with Gasteiger partial charge in [0, 0.05) is 19.1 Å². The maximum absolute atomic E-state index is 3.66. The van der Waals surface area contributed by atoms with Crippen LogP contribution in [0.1, 0.15) is 44.9 Å². The van der Waals surface area contributed by atoms with Gasteiger partial charge in [-0.05, 0) is 25.7 Å². The molecular weight excluding hydrogens is 148 g/mol. The normalized spacial score (nSPS) is 30.8. The van der Waals surface area contributed by atoms with Gasteiger partial charge < -0.3 is 0 Å². The third-order valence-electron chi connectivity index (χ3n) is 3.39. The minimum absolute atomic E-state index is 0.505. The van der Waals surface area contributed by atoms with E-state index in [2.05, 4.69) is 17.5 Å². The van der Waals surface area contributed by atoms with Crippen molar-refractivity contribution in [2.24, 2.45) is 0 Å². The van der Waals surface area contributed by atoms with Gasteiger partial charge in [0.15, 0.2) is 0 Å². The molecule has 2 fully saturated rings. The molecule has 1 heterocycles. The van der Waals surface area contributed by atoms with E-state index in [1.165, 1.54) is 51.5 Å². The lowest BCUT2D eigenvalue weighted by molar-refractivity contribution is 0.0482. The molecule has 1 saturated heterocycles. The Morgan fingerprint density at radius 3 is 2.33 bits per heavy atom. The van der Waals surface area contributed by atoms with E-state index in [4.69, 9.17) is 0 Å². The molecule has 2 nitrogen and oxygen atoms in total. The van der Waals surface area contributed by atoms with Crippen molar-refractivity contribution in [1.82, 2.24) is 10.4 Å². The summed E-state index contributed by atoms with van der Waals surface area (Å²) in [4.78, 5) is 0. The fourth-order valence-corrected chi connectivity index (χ4v) is 2.76. The first-order chi connectivity index (χ1) is 5.81. The summed E-state index contributed by atoms with van der Waals surface area (Å²) in [5.74, 6) is 0. The second-order valence-electron chi connectivity index (χ2n) is 4.48. The monoisotopic (exact) mass is 168 g/mol.